The summed E-state index contributed by atoms with van der Waals surface area (Å²) in [6.07, 6.45) is 3.12. The Morgan fingerprint density at radius 3 is 2.59 bits per heavy atom. The van der Waals surface area contributed by atoms with Gasteiger partial charge in [0.25, 0.3) is 5.91 Å². The van der Waals surface area contributed by atoms with Crippen molar-refractivity contribution in [2.24, 2.45) is 0 Å². The smallest absolute Gasteiger partial charge is 0.254 e. The van der Waals surface area contributed by atoms with Crippen LogP contribution in [-0.4, -0.2) is 42.1 Å². The van der Waals surface area contributed by atoms with E-state index in [0.717, 1.165) is 24.2 Å². The van der Waals surface area contributed by atoms with Crippen LogP contribution < -0.4 is 10.1 Å². The summed E-state index contributed by atoms with van der Waals surface area (Å²) in [5.41, 5.74) is 2.29. The van der Waals surface area contributed by atoms with Gasteiger partial charge in [-0.15, -0.1) is 0 Å². The zero-order valence-electron chi connectivity index (χ0n) is 18.4. The maximum atomic E-state index is 14.2. The Hall–Kier alpha value is -3.19. The SMILES string of the molecule is CCOc1ccc(C2(CNC(=O)c3cnn(-c4ccccc4F)c3C)CCOCC2)cc1. The number of carbonyl (C=O) groups excluding carboxylic acids is 1. The monoisotopic (exact) mass is 437 g/mol. The summed E-state index contributed by atoms with van der Waals surface area (Å²) in [4.78, 5) is 13.0. The molecule has 6 nitrogen and oxygen atoms in total. The zero-order chi connectivity index (χ0) is 22.6. The van der Waals surface area contributed by atoms with Crippen molar-refractivity contribution in [3.05, 3.63) is 77.4 Å². The molecule has 0 bridgehead atoms. The standard InChI is InChI=1S/C25H28FN3O3/c1-3-32-20-10-8-19(9-11-20)25(12-14-31-15-13-25)17-27-24(30)21-16-28-29(18(21)2)23-7-5-4-6-22(23)26/h4-11,16H,3,12-15,17H2,1-2H3,(H,27,30). The predicted octanol–water partition coefficient (Wildman–Crippen LogP) is 4.20. The van der Waals surface area contributed by atoms with E-state index in [4.69, 9.17) is 9.47 Å². The summed E-state index contributed by atoms with van der Waals surface area (Å²) in [6.45, 7) is 6.12. The van der Waals surface area contributed by atoms with Gasteiger partial charge in [0.05, 0.1) is 24.1 Å². The van der Waals surface area contributed by atoms with E-state index in [0.29, 0.717) is 43.3 Å². The summed E-state index contributed by atoms with van der Waals surface area (Å²) in [7, 11) is 0. The lowest BCUT2D eigenvalue weighted by molar-refractivity contribution is 0.0487. The van der Waals surface area contributed by atoms with Gasteiger partial charge < -0.3 is 14.8 Å². The van der Waals surface area contributed by atoms with Gasteiger partial charge in [0.2, 0.25) is 0 Å². The molecule has 0 radical (unpaired) electrons. The fraction of sp³-hybridized carbons (Fsp3) is 0.360. The molecule has 1 amide bonds. The number of amides is 1. The molecule has 1 fully saturated rings. The highest BCUT2D eigenvalue weighted by Crippen LogP contribution is 2.35. The Bertz CT molecular complexity index is 1070. The van der Waals surface area contributed by atoms with Crippen LogP contribution in [0.5, 0.6) is 5.75 Å². The van der Waals surface area contributed by atoms with E-state index in [-0.39, 0.29) is 17.1 Å². The van der Waals surface area contributed by atoms with Crippen molar-refractivity contribution in [3.8, 4) is 11.4 Å². The molecule has 0 aliphatic carbocycles. The molecule has 1 aliphatic heterocycles. The minimum absolute atomic E-state index is 0.214. The molecule has 1 aromatic heterocycles. The van der Waals surface area contributed by atoms with E-state index in [1.165, 1.54) is 16.9 Å². The fourth-order valence-electron chi connectivity index (χ4n) is 4.24. The van der Waals surface area contributed by atoms with Crippen LogP contribution in [0.3, 0.4) is 0 Å². The number of halogens is 1. The van der Waals surface area contributed by atoms with E-state index in [1.54, 1.807) is 25.1 Å². The highest BCUT2D eigenvalue weighted by atomic mass is 19.1. The maximum absolute atomic E-state index is 14.2. The molecule has 7 heteroatoms. The molecule has 0 spiro atoms. The first-order valence-electron chi connectivity index (χ1n) is 10.9. The molecule has 2 aromatic carbocycles. The van der Waals surface area contributed by atoms with Gasteiger partial charge in [-0.2, -0.15) is 5.10 Å². The minimum Gasteiger partial charge on any atom is -0.494 e. The average molecular weight is 438 g/mol. The summed E-state index contributed by atoms with van der Waals surface area (Å²) in [6, 6.07) is 14.5. The number of nitrogens with zero attached hydrogens (tertiary/aromatic N) is 2. The molecule has 0 saturated carbocycles. The molecule has 1 aliphatic rings. The third kappa shape index (κ3) is 4.39. The predicted molar refractivity (Wildman–Crippen MR) is 120 cm³/mol. The molecular formula is C25H28FN3O3. The Morgan fingerprint density at radius 2 is 1.91 bits per heavy atom. The summed E-state index contributed by atoms with van der Waals surface area (Å²) < 4.78 is 26.8. The zero-order valence-corrected chi connectivity index (χ0v) is 18.4. The third-order valence-corrected chi connectivity index (χ3v) is 6.15. The van der Waals surface area contributed by atoms with Crippen molar-refractivity contribution in [1.82, 2.24) is 15.1 Å². The summed E-state index contributed by atoms with van der Waals surface area (Å²) >= 11 is 0. The van der Waals surface area contributed by atoms with E-state index in [9.17, 15) is 9.18 Å². The van der Waals surface area contributed by atoms with Crippen molar-refractivity contribution in [3.63, 3.8) is 0 Å². The van der Waals surface area contributed by atoms with Gasteiger partial charge in [-0.1, -0.05) is 24.3 Å². The first kappa shape index (κ1) is 22.0. The van der Waals surface area contributed by atoms with Crippen molar-refractivity contribution in [1.29, 1.82) is 0 Å². The normalized spacial score (nSPS) is 15.3. The molecule has 2 heterocycles. The Labute approximate surface area is 187 Å². The van der Waals surface area contributed by atoms with Gasteiger partial charge in [-0.05, 0) is 56.5 Å². The van der Waals surface area contributed by atoms with E-state index < -0.39 is 0 Å². The number of hydrogen-bond donors (Lipinski definition) is 1. The van der Waals surface area contributed by atoms with E-state index in [1.807, 2.05) is 19.1 Å². The van der Waals surface area contributed by atoms with Gasteiger partial charge in [0.1, 0.15) is 17.3 Å². The molecule has 1 N–H and O–H groups in total. The number of benzene rings is 2. The second-order valence-electron chi connectivity index (χ2n) is 8.04. The summed E-state index contributed by atoms with van der Waals surface area (Å²) in [5, 5.41) is 7.34. The molecule has 0 atom stereocenters. The van der Waals surface area contributed by atoms with Gasteiger partial charge in [0, 0.05) is 25.2 Å². The maximum Gasteiger partial charge on any atom is 0.254 e. The lowest BCUT2D eigenvalue weighted by Crippen LogP contribution is -2.44. The van der Waals surface area contributed by atoms with Crippen LogP contribution in [0.1, 0.15) is 41.4 Å². The first-order chi connectivity index (χ1) is 15.5. The Kier molecular flexibility index (Phi) is 6.55. The second kappa shape index (κ2) is 9.53. The minimum atomic E-state index is -0.387. The molecule has 32 heavy (non-hydrogen) atoms. The molecule has 0 unspecified atom stereocenters. The van der Waals surface area contributed by atoms with Crippen molar-refractivity contribution < 1.29 is 18.7 Å². The van der Waals surface area contributed by atoms with Crippen LogP contribution in [0.25, 0.3) is 5.69 Å². The number of aromatic nitrogens is 2. The van der Waals surface area contributed by atoms with Gasteiger partial charge in [0.15, 0.2) is 0 Å². The van der Waals surface area contributed by atoms with Crippen molar-refractivity contribution in [2.45, 2.75) is 32.1 Å². The fourth-order valence-corrected chi connectivity index (χ4v) is 4.24. The van der Waals surface area contributed by atoms with E-state index in [2.05, 4.69) is 22.5 Å². The molecule has 168 valence electrons. The Morgan fingerprint density at radius 1 is 1.19 bits per heavy atom. The van der Waals surface area contributed by atoms with Crippen LogP contribution >= 0.6 is 0 Å². The average Bonchev–Trinajstić information content (AvgIpc) is 3.20. The third-order valence-electron chi connectivity index (χ3n) is 6.15. The topological polar surface area (TPSA) is 65.4 Å². The van der Waals surface area contributed by atoms with Crippen LogP contribution in [-0.2, 0) is 10.2 Å². The highest BCUT2D eigenvalue weighted by molar-refractivity contribution is 5.95. The van der Waals surface area contributed by atoms with Crippen LogP contribution in [0, 0.1) is 12.7 Å². The number of ether oxygens (including phenoxy) is 2. The number of hydrogen-bond acceptors (Lipinski definition) is 4. The number of para-hydroxylation sites is 1. The summed E-state index contributed by atoms with van der Waals surface area (Å²) in [5.74, 6) is 0.225. The van der Waals surface area contributed by atoms with Crippen LogP contribution in [0.15, 0.2) is 54.7 Å². The van der Waals surface area contributed by atoms with Crippen molar-refractivity contribution in [2.75, 3.05) is 26.4 Å². The molecular weight excluding hydrogens is 409 g/mol. The largest absolute Gasteiger partial charge is 0.494 e. The molecule has 4 rings (SSSR count). The highest BCUT2D eigenvalue weighted by Gasteiger charge is 2.35. The number of carbonyl (C=O) groups is 1. The lowest BCUT2D eigenvalue weighted by atomic mass is 9.74. The lowest BCUT2D eigenvalue weighted by Gasteiger charge is -2.38. The molecule has 1 saturated heterocycles. The second-order valence-corrected chi connectivity index (χ2v) is 8.04. The van der Waals surface area contributed by atoms with Gasteiger partial charge in [-0.25, -0.2) is 9.07 Å². The van der Waals surface area contributed by atoms with Crippen LogP contribution in [0.2, 0.25) is 0 Å². The van der Waals surface area contributed by atoms with E-state index >= 15 is 0 Å². The quantitative estimate of drug-likeness (QED) is 0.602. The van der Waals surface area contributed by atoms with Gasteiger partial charge >= 0.3 is 0 Å². The number of rotatable bonds is 7. The molecule has 3 aromatic rings. The Balaban J connectivity index is 1.53. The van der Waals surface area contributed by atoms with Crippen LogP contribution in [0.4, 0.5) is 4.39 Å². The number of nitrogens with one attached hydrogen (secondary N) is 1. The van der Waals surface area contributed by atoms with Crippen molar-refractivity contribution >= 4 is 5.91 Å². The first-order valence-corrected chi connectivity index (χ1v) is 10.9. The van der Waals surface area contributed by atoms with Gasteiger partial charge in [-0.3, -0.25) is 4.79 Å².